The fourth-order valence-electron chi connectivity index (χ4n) is 1.75. The van der Waals surface area contributed by atoms with E-state index in [9.17, 15) is 5.11 Å². The zero-order chi connectivity index (χ0) is 12.5. The zero-order valence-electron chi connectivity index (χ0n) is 9.48. The number of ether oxygens (including phenoxy) is 1. The minimum absolute atomic E-state index is 0.115. The number of hydrogen-bond acceptors (Lipinski definition) is 6. The minimum Gasteiger partial charge on any atom is -0.394 e. The molecule has 17 heavy (non-hydrogen) atoms. The van der Waals surface area contributed by atoms with Gasteiger partial charge in [-0.2, -0.15) is 4.98 Å². The predicted molar refractivity (Wildman–Crippen MR) is 64.9 cm³/mol. The normalized spacial score (nSPS) is 28.3. The van der Waals surface area contributed by atoms with Crippen LogP contribution < -0.4 is 11.1 Å². The molecule has 0 bridgehead atoms. The van der Waals surface area contributed by atoms with Gasteiger partial charge in [-0.3, -0.25) is 0 Å². The second kappa shape index (κ2) is 4.64. The van der Waals surface area contributed by atoms with Crippen molar-refractivity contribution in [3.8, 4) is 0 Å². The number of rotatable bonds is 3. The second-order valence-corrected chi connectivity index (χ2v) is 4.50. The summed E-state index contributed by atoms with van der Waals surface area (Å²) < 4.78 is 5.33. The molecule has 94 valence electrons. The summed E-state index contributed by atoms with van der Waals surface area (Å²) in [6.07, 6.45) is 1.80. The molecule has 2 heterocycles. The van der Waals surface area contributed by atoms with Crippen molar-refractivity contribution in [2.75, 3.05) is 24.2 Å². The topological polar surface area (TPSA) is 93.3 Å². The summed E-state index contributed by atoms with van der Waals surface area (Å²) in [7, 11) is 0. The highest BCUT2D eigenvalue weighted by atomic mass is 35.5. The highest BCUT2D eigenvalue weighted by Crippen LogP contribution is 2.26. The molecule has 2 rings (SSSR count). The molecule has 2 atom stereocenters. The van der Waals surface area contributed by atoms with Crippen molar-refractivity contribution in [1.82, 2.24) is 9.97 Å². The second-order valence-electron chi connectivity index (χ2n) is 4.16. The van der Waals surface area contributed by atoms with Gasteiger partial charge in [-0.1, -0.05) is 0 Å². The van der Waals surface area contributed by atoms with Crippen molar-refractivity contribution in [1.29, 1.82) is 0 Å². The summed E-state index contributed by atoms with van der Waals surface area (Å²) >= 11 is 5.67. The van der Waals surface area contributed by atoms with Crippen LogP contribution in [-0.2, 0) is 4.74 Å². The number of nitrogens with zero attached hydrogens (tertiary/aromatic N) is 2. The van der Waals surface area contributed by atoms with Gasteiger partial charge in [-0.15, -0.1) is 0 Å². The lowest BCUT2D eigenvalue weighted by molar-refractivity contribution is -0.0176. The van der Waals surface area contributed by atoms with Crippen LogP contribution in [-0.4, -0.2) is 39.9 Å². The molecule has 4 N–H and O–H groups in total. The third-order valence-corrected chi connectivity index (χ3v) is 3.19. The number of nitrogens with one attached hydrogen (secondary N) is 1. The van der Waals surface area contributed by atoms with E-state index in [-0.39, 0.29) is 11.4 Å². The minimum atomic E-state index is -0.899. The van der Waals surface area contributed by atoms with E-state index in [1.54, 1.807) is 0 Å². The van der Waals surface area contributed by atoms with Crippen molar-refractivity contribution < 1.29 is 9.84 Å². The Morgan fingerprint density at radius 3 is 3.18 bits per heavy atom. The molecular weight excluding hydrogens is 244 g/mol. The fraction of sp³-hybridized carbons (Fsp3) is 0.600. The first kappa shape index (κ1) is 12.3. The summed E-state index contributed by atoms with van der Waals surface area (Å²) in [6.45, 7) is 2.70. The quantitative estimate of drug-likeness (QED) is 0.690. The Balaban J connectivity index is 2.04. The van der Waals surface area contributed by atoms with Crippen molar-refractivity contribution in [3.63, 3.8) is 0 Å². The lowest BCUT2D eigenvalue weighted by Gasteiger charge is -2.26. The Morgan fingerprint density at radius 2 is 2.53 bits per heavy atom. The van der Waals surface area contributed by atoms with Crippen LogP contribution in [0.3, 0.4) is 0 Å². The molecule has 1 aromatic rings. The first-order valence-corrected chi connectivity index (χ1v) is 5.75. The summed E-state index contributed by atoms with van der Waals surface area (Å²) in [5, 5.41) is 13.4. The van der Waals surface area contributed by atoms with Crippen molar-refractivity contribution in [3.05, 3.63) is 11.5 Å². The van der Waals surface area contributed by atoms with Crippen LogP contribution in [0, 0.1) is 0 Å². The molecule has 7 heteroatoms. The molecule has 1 aliphatic rings. The molecule has 0 saturated carbocycles. The van der Waals surface area contributed by atoms with E-state index in [1.165, 1.54) is 6.20 Å². The van der Waals surface area contributed by atoms with Gasteiger partial charge in [-0.25, -0.2) is 4.98 Å². The van der Waals surface area contributed by atoms with Crippen LogP contribution in [0.1, 0.15) is 13.3 Å². The maximum Gasteiger partial charge on any atom is 0.224 e. The van der Waals surface area contributed by atoms with Gasteiger partial charge in [0, 0.05) is 19.6 Å². The van der Waals surface area contributed by atoms with Crippen LogP contribution in [0.2, 0.25) is 5.28 Å². The highest BCUT2D eigenvalue weighted by Gasteiger charge is 2.39. The Morgan fingerprint density at radius 1 is 1.76 bits per heavy atom. The number of aromatic nitrogens is 2. The number of nitrogens with two attached hydrogens (primary N) is 1. The predicted octanol–water partition coefficient (Wildman–Crippen LogP) is 0.664. The van der Waals surface area contributed by atoms with E-state index in [1.807, 2.05) is 6.92 Å². The van der Waals surface area contributed by atoms with Gasteiger partial charge in [0.1, 0.15) is 5.60 Å². The molecule has 1 fully saturated rings. The Bertz CT molecular complexity index is 417. The summed E-state index contributed by atoms with van der Waals surface area (Å²) in [5.41, 5.74) is 5.19. The number of anilines is 2. The number of aliphatic hydroxyl groups is 1. The Labute approximate surface area is 104 Å². The summed E-state index contributed by atoms with van der Waals surface area (Å²) in [6, 6.07) is 0. The summed E-state index contributed by atoms with van der Waals surface area (Å²) in [5.74, 6) is 0.428. The van der Waals surface area contributed by atoms with Crippen LogP contribution in [0.4, 0.5) is 11.5 Å². The maximum absolute atomic E-state index is 10.3. The van der Waals surface area contributed by atoms with Gasteiger partial charge in [-0.05, 0) is 18.5 Å². The first-order valence-electron chi connectivity index (χ1n) is 5.37. The van der Waals surface area contributed by atoms with Gasteiger partial charge in [0.05, 0.1) is 18.0 Å². The molecular formula is C10H15ClN4O2. The van der Waals surface area contributed by atoms with E-state index >= 15 is 0 Å². The Kier molecular flexibility index (Phi) is 3.37. The van der Waals surface area contributed by atoms with Crippen LogP contribution in [0.5, 0.6) is 0 Å². The molecule has 1 aromatic heterocycles. The van der Waals surface area contributed by atoms with Crippen LogP contribution >= 0.6 is 11.6 Å². The summed E-state index contributed by atoms with van der Waals surface area (Å²) in [4.78, 5) is 7.71. The maximum atomic E-state index is 10.3. The third kappa shape index (κ3) is 2.59. The average Bonchev–Trinajstić information content (AvgIpc) is 2.61. The number of nitrogen functional groups attached to an aromatic ring is 1. The van der Waals surface area contributed by atoms with Gasteiger partial charge in [0.15, 0.2) is 5.82 Å². The van der Waals surface area contributed by atoms with E-state index in [4.69, 9.17) is 22.1 Å². The molecule has 0 aromatic carbocycles. The SMILES string of the molecule is CC1OCCC1(O)CNc1nc(Cl)ncc1N. The smallest absolute Gasteiger partial charge is 0.224 e. The third-order valence-electron chi connectivity index (χ3n) is 3.01. The molecule has 1 aliphatic heterocycles. The molecule has 1 saturated heterocycles. The molecule has 6 nitrogen and oxygen atoms in total. The lowest BCUT2D eigenvalue weighted by atomic mass is 9.97. The largest absolute Gasteiger partial charge is 0.394 e. The Hall–Kier alpha value is -1.11. The van der Waals surface area contributed by atoms with Crippen molar-refractivity contribution in [2.45, 2.75) is 25.0 Å². The molecule has 0 radical (unpaired) electrons. The fourth-order valence-corrected chi connectivity index (χ4v) is 1.88. The van der Waals surface area contributed by atoms with E-state index in [0.29, 0.717) is 31.1 Å². The van der Waals surface area contributed by atoms with Crippen molar-refractivity contribution >= 4 is 23.1 Å². The molecule has 0 aliphatic carbocycles. The van der Waals surface area contributed by atoms with E-state index in [0.717, 1.165) is 0 Å². The van der Waals surface area contributed by atoms with Crippen LogP contribution in [0.25, 0.3) is 0 Å². The zero-order valence-corrected chi connectivity index (χ0v) is 10.2. The number of hydrogen-bond donors (Lipinski definition) is 3. The molecule has 2 unspecified atom stereocenters. The van der Waals surface area contributed by atoms with Crippen molar-refractivity contribution in [2.24, 2.45) is 0 Å². The average molecular weight is 259 g/mol. The van der Waals surface area contributed by atoms with Gasteiger partial charge >= 0.3 is 0 Å². The molecule has 0 amide bonds. The molecule has 0 spiro atoms. The van der Waals surface area contributed by atoms with Crippen LogP contribution in [0.15, 0.2) is 6.20 Å². The van der Waals surface area contributed by atoms with E-state index < -0.39 is 5.60 Å². The van der Waals surface area contributed by atoms with E-state index in [2.05, 4.69) is 15.3 Å². The monoisotopic (exact) mass is 258 g/mol. The number of halogens is 1. The van der Waals surface area contributed by atoms with Gasteiger partial charge in [0.2, 0.25) is 5.28 Å². The van der Waals surface area contributed by atoms with Gasteiger partial charge < -0.3 is 20.9 Å². The van der Waals surface area contributed by atoms with Gasteiger partial charge in [0.25, 0.3) is 0 Å². The highest BCUT2D eigenvalue weighted by molar-refractivity contribution is 6.28. The lowest BCUT2D eigenvalue weighted by Crippen LogP contribution is -2.43. The first-order chi connectivity index (χ1) is 8.01. The standard InChI is InChI=1S/C10H15ClN4O2/c1-6-10(16,2-3-17-6)5-14-8-7(12)4-13-9(11)15-8/h4,6,16H,2-3,5,12H2,1H3,(H,13,14,15).